The summed E-state index contributed by atoms with van der Waals surface area (Å²) in [7, 11) is 0. The molecule has 110 valence electrons. The SMILES string of the molecule is CC(C)C[C@@H](NC(=O)C(C)C)C(=O)N1CCCCC1. The number of carbonyl (C=O) groups is 2. The van der Waals surface area contributed by atoms with E-state index >= 15 is 0 Å². The van der Waals surface area contributed by atoms with Gasteiger partial charge in [0.05, 0.1) is 0 Å². The molecule has 19 heavy (non-hydrogen) atoms. The predicted molar refractivity (Wildman–Crippen MR) is 76.7 cm³/mol. The van der Waals surface area contributed by atoms with Crippen molar-refractivity contribution in [2.75, 3.05) is 13.1 Å². The van der Waals surface area contributed by atoms with Crippen LogP contribution < -0.4 is 5.32 Å². The Hall–Kier alpha value is -1.06. The average Bonchev–Trinajstić information content (AvgIpc) is 2.37. The van der Waals surface area contributed by atoms with Gasteiger partial charge in [-0.1, -0.05) is 27.7 Å². The second kappa shape index (κ2) is 7.51. The van der Waals surface area contributed by atoms with Crippen molar-refractivity contribution in [3.05, 3.63) is 0 Å². The number of hydrogen-bond acceptors (Lipinski definition) is 2. The molecule has 2 amide bonds. The average molecular weight is 268 g/mol. The van der Waals surface area contributed by atoms with Crippen molar-refractivity contribution in [3.8, 4) is 0 Å². The minimum atomic E-state index is -0.354. The molecule has 1 heterocycles. The van der Waals surface area contributed by atoms with Gasteiger partial charge < -0.3 is 10.2 Å². The quantitative estimate of drug-likeness (QED) is 0.831. The summed E-state index contributed by atoms with van der Waals surface area (Å²) >= 11 is 0. The molecule has 0 radical (unpaired) electrons. The van der Waals surface area contributed by atoms with Crippen LogP contribution in [0.3, 0.4) is 0 Å². The maximum absolute atomic E-state index is 12.5. The fourth-order valence-corrected chi connectivity index (χ4v) is 2.37. The maximum atomic E-state index is 12.5. The molecule has 0 aliphatic carbocycles. The van der Waals surface area contributed by atoms with Crippen molar-refractivity contribution in [2.45, 2.75) is 59.4 Å². The van der Waals surface area contributed by atoms with E-state index in [1.807, 2.05) is 18.7 Å². The second-order valence-corrected chi connectivity index (χ2v) is 6.23. The van der Waals surface area contributed by atoms with Crippen molar-refractivity contribution in [1.82, 2.24) is 10.2 Å². The maximum Gasteiger partial charge on any atom is 0.245 e. The summed E-state index contributed by atoms with van der Waals surface area (Å²) in [4.78, 5) is 26.3. The van der Waals surface area contributed by atoms with Gasteiger partial charge >= 0.3 is 0 Å². The molecule has 4 heteroatoms. The summed E-state index contributed by atoms with van der Waals surface area (Å²) in [5, 5.41) is 2.91. The first kappa shape index (κ1) is 16.0. The summed E-state index contributed by atoms with van der Waals surface area (Å²) in [6, 6.07) is -0.354. The van der Waals surface area contributed by atoms with Crippen molar-refractivity contribution in [3.63, 3.8) is 0 Å². The minimum absolute atomic E-state index is 0.0315. The van der Waals surface area contributed by atoms with Crippen LogP contribution in [0.15, 0.2) is 0 Å². The molecular formula is C15H28N2O2. The van der Waals surface area contributed by atoms with Crippen LogP contribution in [0.25, 0.3) is 0 Å². The van der Waals surface area contributed by atoms with E-state index in [9.17, 15) is 9.59 Å². The molecule has 1 saturated heterocycles. The lowest BCUT2D eigenvalue weighted by Crippen LogP contribution is -2.51. The van der Waals surface area contributed by atoms with Crippen LogP contribution in [0.1, 0.15) is 53.4 Å². The first-order valence-corrected chi connectivity index (χ1v) is 7.51. The van der Waals surface area contributed by atoms with Gasteiger partial charge in [-0.3, -0.25) is 9.59 Å². The molecule has 1 atom stereocenters. The zero-order chi connectivity index (χ0) is 14.4. The summed E-state index contributed by atoms with van der Waals surface area (Å²) in [6.07, 6.45) is 4.08. The van der Waals surface area contributed by atoms with Crippen LogP contribution in [0, 0.1) is 11.8 Å². The molecule has 4 nitrogen and oxygen atoms in total. The Morgan fingerprint density at radius 3 is 2.11 bits per heavy atom. The highest BCUT2D eigenvalue weighted by Crippen LogP contribution is 2.14. The molecule has 0 saturated carbocycles. The number of hydrogen-bond donors (Lipinski definition) is 1. The summed E-state index contributed by atoms with van der Waals surface area (Å²) in [5.41, 5.74) is 0. The Morgan fingerprint density at radius 1 is 1.05 bits per heavy atom. The number of amides is 2. The first-order chi connectivity index (χ1) is 8.91. The fraction of sp³-hybridized carbons (Fsp3) is 0.867. The Bertz CT molecular complexity index is 307. The van der Waals surface area contributed by atoms with Crippen LogP contribution in [-0.2, 0) is 9.59 Å². The van der Waals surface area contributed by atoms with Crippen LogP contribution in [0.4, 0.5) is 0 Å². The molecule has 1 aliphatic rings. The summed E-state index contributed by atoms with van der Waals surface area (Å²) in [5.74, 6) is 0.383. The molecule has 0 unspecified atom stereocenters. The van der Waals surface area contributed by atoms with Crippen molar-refractivity contribution in [2.24, 2.45) is 11.8 Å². The third-order valence-electron chi connectivity index (χ3n) is 3.51. The Kier molecular flexibility index (Phi) is 6.32. The van der Waals surface area contributed by atoms with Crippen molar-refractivity contribution >= 4 is 11.8 Å². The number of likely N-dealkylation sites (tertiary alicyclic amines) is 1. The van der Waals surface area contributed by atoms with E-state index in [0.717, 1.165) is 25.9 Å². The standard InChI is InChI=1S/C15H28N2O2/c1-11(2)10-13(16-14(18)12(3)4)15(19)17-8-6-5-7-9-17/h11-13H,5-10H2,1-4H3,(H,16,18)/t13-/m1/s1. The lowest BCUT2D eigenvalue weighted by atomic mass is 10.0. The van der Waals surface area contributed by atoms with Gasteiger partial charge in [-0.2, -0.15) is 0 Å². The number of rotatable bonds is 5. The molecule has 0 bridgehead atoms. The zero-order valence-electron chi connectivity index (χ0n) is 12.7. The van der Waals surface area contributed by atoms with E-state index in [-0.39, 0.29) is 23.8 Å². The van der Waals surface area contributed by atoms with Gasteiger partial charge in [0, 0.05) is 19.0 Å². The Balaban J connectivity index is 2.66. The summed E-state index contributed by atoms with van der Waals surface area (Å²) in [6.45, 7) is 9.55. The molecule has 0 aromatic rings. The van der Waals surface area contributed by atoms with Crippen molar-refractivity contribution in [1.29, 1.82) is 0 Å². The molecule has 1 rings (SSSR count). The largest absolute Gasteiger partial charge is 0.344 e. The van der Waals surface area contributed by atoms with E-state index in [1.165, 1.54) is 6.42 Å². The molecule has 0 aromatic carbocycles. The van der Waals surface area contributed by atoms with Gasteiger partial charge in [-0.05, 0) is 31.6 Å². The minimum Gasteiger partial charge on any atom is -0.344 e. The molecule has 1 fully saturated rings. The fourth-order valence-electron chi connectivity index (χ4n) is 2.37. The van der Waals surface area contributed by atoms with E-state index in [4.69, 9.17) is 0 Å². The van der Waals surface area contributed by atoms with E-state index in [0.29, 0.717) is 12.3 Å². The van der Waals surface area contributed by atoms with E-state index in [1.54, 1.807) is 0 Å². The molecule has 0 spiro atoms. The smallest absolute Gasteiger partial charge is 0.245 e. The highest BCUT2D eigenvalue weighted by Gasteiger charge is 2.27. The van der Waals surface area contributed by atoms with Gasteiger partial charge in [0.2, 0.25) is 11.8 Å². The normalized spacial score (nSPS) is 17.7. The van der Waals surface area contributed by atoms with Crippen LogP contribution in [0.5, 0.6) is 0 Å². The zero-order valence-corrected chi connectivity index (χ0v) is 12.7. The molecular weight excluding hydrogens is 240 g/mol. The van der Waals surface area contributed by atoms with Gasteiger partial charge in [-0.25, -0.2) is 0 Å². The highest BCUT2D eigenvalue weighted by atomic mass is 16.2. The van der Waals surface area contributed by atoms with Crippen LogP contribution in [0.2, 0.25) is 0 Å². The van der Waals surface area contributed by atoms with Gasteiger partial charge in [0.25, 0.3) is 0 Å². The Morgan fingerprint density at radius 2 is 1.63 bits per heavy atom. The third kappa shape index (κ3) is 5.21. The number of carbonyl (C=O) groups excluding carboxylic acids is 2. The van der Waals surface area contributed by atoms with E-state index < -0.39 is 0 Å². The third-order valence-corrected chi connectivity index (χ3v) is 3.51. The van der Waals surface area contributed by atoms with Crippen LogP contribution in [-0.4, -0.2) is 35.8 Å². The first-order valence-electron chi connectivity index (χ1n) is 7.51. The predicted octanol–water partition coefficient (Wildman–Crippen LogP) is 2.19. The Labute approximate surface area is 116 Å². The lowest BCUT2D eigenvalue weighted by molar-refractivity contribution is -0.138. The highest BCUT2D eigenvalue weighted by molar-refractivity contribution is 5.88. The lowest BCUT2D eigenvalue weighted by Gasteiger charge is -2.31. The number of nitrogens with one attached hydrogen (secondary N) is 1. The van der Waals surface area contributed by atoms with Gasteiger partial charge in [0.1, 0.15) is 6.04 Å². The molecule has 1 N–H and O–H groups in total. The number of piperidine rings is 1. The monoisotopic (exact) mass is 268 g/mol. The molecule has 0 aromatic heterocycles. The van der Waals surface area contributed by atoms with Gasteiger partial charge in [0.15, 0.2) is 0 Å². The van der Waals surface area contributed by atoms with Crippen LogP contribution >= 0.6 is 0 Å². The summed E-state index contributed by atoms with van der Waals surface area (Å²) < 4.78 is 0. The van der Waals surface area contributed by atoms with Gasteiger partial charge in [-0.15, -0.1) is 0 Å². The topological polar surface area (TPSA) is 49.4 Å². The van der Waals surface area contributed by atoms with E-state index in [2.05, 4.69) is 19.2 Å². The molecule has 1 aliphatic heterocycles. The van der Waals surface area contributed by atoms with Crippen molar-refractivity contribution < 1.29 is 9.59 Å². The number of nitrogens with zero attached hydrogens (tertiary/aromatic N) is 1. The second-order valence-electron chi connectivity index (χ2n) is 6.23.